The van der Waals surface area contributed by atoms with E-state index in [1.165, 1.54) is 0 Å². The van der Waals surface area contributed by atoms with Crippen molar-refractivity contribution in [3.8, 4) is 0 Å². The average Bonchev–Trinajstić information content (AvgIpc) is 2.16. The van der Waals surface area contributed by atoms with E-state index < -0.39 is 56.7 Å². The van der Waals surface area contributed by atoms with Gasteiger partial charge < -0.3 is 0 Å². The molecule has 27 heavy (non-hydrogen) atoms. The molecule has 0 heterocycles. The van der Waals surface area contributed by atoms with Crippen LogP contribution in [0.2, 0.25) is 0 Å². The number of rotatable bonds is 4. The van der Waals surface area contributed by atoms with E-state index in [4.69, 9.17) is 0 Å². The first-order valence-electron chi connectivity index (χ1n) is 5.31. The van der Waals surface area contributed by atoms with Crippen LogP contribution in [0.3, 0.4) is 0 Å². The van der Waals surface area contributed by atoms with Gasteiger partial charge in [-0.15, -0.1) is 0 Å². The Kier molecular flexibility index (Phi) is 6.62. The molecule has 0 aromatic rings. The van der Waals surface area contributed by atoms with Crippen LogP contribution in [0.5, 0.6) is 0 Å². The fraction of sp³-hybridized carbons (Fsp3) is 1.00. The van der Waals surface area contributed by atoms with Crippen LogP contribution in [0.4, 0.5) is 70.2 Å². The van der Waals surface area contributed by atoms with E-state index in [1.807, 2.05) is 0 Å². The lowest BCUT2D eigenvalue weighted by molar-refractivity contribution is -0.312. The molecule has 0 fully saturated rings. The monoisotopic (exact) mass is 502 g/mol. The van der Waals surface area contributed by atoms with Gasteiger partial charge in [-0.05, 0) is 23.2 Å². The number of hydrogen-bond donors (Lipinski definition) is 0. The highest BCUT2D eigenvalue weighted by Gasteiger charge is 2.92. The van der Waals surface area contributed by atoms with Gasteiger partial charge in [-0.3, -0.25) is 0 Å². The predicted octanol–water partition coefficient (Wildman–Crippen LogP) is 7.11. The van der Waals surface area contributed by atoms with E-state index in [-0.39, 0.29) is 0 Å². The van der Waals surface area contributed by atoms with Gasteiger partial charge in [0.2, 0.25) is 0 Å². The number of alkyl halides is 18. The second-order valence-electron chi connectivity index (χ2n) is 4.45. The highest BCUT2D eigenvalue weighted by Crippen LogP contribution is 2.71. The van der Waals surface area contributed by atoms with Crippen molar-refractivity contribution in [2.75, 3.05) is 0 Å². The molecule has 0 N–H and O–H groups in total. The van der Waals surface area contributed by atoms with Crippen LogP contribution in [-0.2, 0) is 0 Å². The maximum Gasteiger partial charge on any atom is 0.419 e. The molecule has 0 bridgehead atoms. The van der Waals surface area contributed by atoms with Gasteiger partial charge >= 0.3 is 35.5 Å². The second kappa shape index (κ2) is 6.67. The minimum Gasteiger partial charge on any atom is -0.186 e. The molecule has 0 aliphatic carbocycles. The van der Waals surface area contributed by atoms with Crippen molar-refractivity contribution >= 4 is 35.0 Å². The fourth-order valence-electron chi connectivity index (χ4n) is 1.54. The molecule has 0 aliphatic rings. The topological polar surface area (TPSA) is 0 Å². The van der Waals surface area contributed by atoms with Crippen LogP contribution in [0.15, 0.2) is 0 Å². The molecule has 0 saturated heterocycles. The van der Waals surface area contributed by atoms with E-state index in [0.29, 0.717) is 0 Å². The molecule has 0 rings (SSSR count). The maximum atomic E-state index is 13.0. The Morgan fingerprint density at radius 3 is 0.593 bits per heavy atom. The van der Waals surface area contributed by atoms with Crippen LogP contribution < -0.4 is 0 Å². The molecule has 0 atom stereocenters. The van der Waals surface area contributed by atoms with Gasteiger partial charge in [0.1, 0.15) is 0 Å². The summed E-state index contributed by atoms with van der Waals surface area (Å²) >= 11 is 3.19. The first-order valence-corrected chi connectivity index (χ1v) is 6.88. The Morgan fingerprint density at radius 2 is 0.519 bits per heavy atom. The van der Waals surface area contributed by atoms with Crippen LogP contribution in [0, 0.1) is 0 Å². The summed E-state index contributed by atoms with van der Waals surface area (Å²) in [6.07, 6.45) is -31.0. The third-order valence-corrected chi connectivity index (χ3v) is 5.54. The number of hydrogen-bond acceptors (Lipinski definition) is 1. The van der Waals surface area contributed by atoms with Crippen molar-refractivity contribution in [1.82, 2.24) is 0 Å². The Balaban J connectivity index is 7.45. The summed E-state index contributed by atoms with van der Waals surface area (Å²) < 4.78 is 190. The minimum atomic E-state index is -7.74. The summed E-state index contributed by atoms with van der Waals surface area (Å²) in [5.41, 5.74) is 0. The first-order chi connectivity index (χ1) is 11.2. The molecule has 0 saturated carbocycles. The fourth-order valence-corrected chi connectivity index (χ4v) is 3.35. The lowest BCUT2D eigenvalue weighted by Crippen LogP contribution is -2.72. The van der Waals surface area contributed by atoms with E-state index in [9.17, 15) is 70.2 Å². The lowest BCUT2D eigenvalue weighted by atomic mass is 10.1. The Hall–Kier alpha value is -0.190. The van der Waals surface area contributed by atoms with Crippen LogP contribution >= 0.6 is 35.0 Å². The zero-order valence-corrected chi connectivity index (χ0v) is 13.5. The van der Waals surface area contributed by atoms with Crippen molar-refractivity contribution < 1.29 is 70.2 Å². The Labute approximate surface area is 151 Å². The predicted molar refractivity (Wildman–Crippen MR) is 58.9 cm³/mol. The third-order valence-electron chi connectivity index (χ3n) is 2.70. The van der Waals surface area contributed by atoms with Crippen molar-refractivity contribution in [3.63, 3.8) is 0 Å². The van der Waals surface area contributed by atoms with Gasteiger partial charge in [0, 0.05) is 0 Å². The van der Waals surface area contributed by atoms with E-state index in [0.717, 1.165) is 0 Å². The van der Waals surface area contributed by atoms with Gasteiger partial charge in [0.05, 0.1) is 0 Å². The van der Waals surface area contributed by atoms with E-state index in [1.54, 1.807) is 0 Å². The number of thioether (sulfide) groups is 1. The largest absolute Gasteiger partial charge is 0.419 e. The summed E-state index contributed by atoms with van der Waals surface area (Å²) in [6.45, 7) is 0. The van der Waals surface area contributed by atoms with Crippen molar-refractivity contribution in [2.24, 2.45) is 0 Å². The smallest absolute Gasteiger partial charge is 0.186 e. The molecule has 0 aromatic heterocycles. The molecular formula is C8Cl2F16S. The molecule has 19 heteroatoms. The molecule has 0 aromatic carbocycles. The Bertz CT molecular complexity index is 407. The quantitative estimate of drug-likeness (QED) is 0.291. The molecule has 0 aliphatic heterocycles. The van der Waals surface area contributed by atoms with Crippen LogP contribution in [-0.4, -0.2) is 45.0 Å². The first kappa shape index (κ1) is 26.8. The normalized spacial score (nSPS) is 16.7. The minimum absolute atomic E-state index is 3.56. The Morgan fingerprint density at radius 1 is 0.370 bits per heavy atom. The van der Waals surface area contributed by atoms with Crippen molar-refractivity contribution in [1.29, 1.82) is 0 Å². The van der Waals surface area contributed by atoms with Gasteiger partial charge in [-0.25, -0.2) is 0 Å². The van der Waals surface area contributed by atoms with Crippen LogP contribution in [0.1, 0.15) is 0 Å². The molecule has 0 radical (unpaired) electrons. The van der Waals surface area contributed by atoms with Gasteiger partial charge in [-0.1, -0.05) is 11.8 Å². The van der Waals surface area contributed by atoms with E-state index in [2.05, 4.69) is 23.2 Å². The molecule has 0 spiro atoms. The average molecular weight is 503 g/mol. The maximum absolute atomic E-state index is 13.0. The van der Waals surface area contributed by atoms with Crippen molar-refractivity contribution in [3.05, 3.63) is 0 Å². The van der Waals surface area contributed by atoms with Crippen LogP contribution in [0.25, 0.3) is 0 Å². The summed E-state index contributed by atoms with van der Waals surface area (Å²) in [4.78, 5) is 0. The molecular weight excluding hydrogens is 503 g/mol. The molecule has 0 nitrogen and oxygen atoms in total. The summed E-state index contributed by atoms with van der Waals surface area (Å²) in [5.74, 6) is 0. The lowest BCUT2D eigenvalue weighted by Gasteiger charge is -2.47. The highest BCUT2D eigenvalue weighted by atomic mass is 35.5. The zero-order chi connectivity index (χ0) is 22.7. The van der Waals surface area contributed by atoms with E-state index >= 15 is 0 Å². The third kappa shape index (κ3) is 4.09. The van der Waals surface area contributed by atoms with Gasteiger partial charge in [0.25, 0.3) is 9.49 Å². The molecule has 0 amide bonds. The summed E-state index contributed by atoms with van der Waals surface area (Å²) in [7, 11) is 0. The van der Waals surface area contributed by atoms with Gasteiger partial charge in [0.15, 0.2) is 0 Å². The van der Waals surface area contributed by atoms with Crippen molar-refractivity contribution in [2.45, 2.75) is 45.0 Å². The number of halogens is 18. The second-order valence-corrected chi connectivity index (χ2v) is 6.83. The molecule has 164 valence electrons. The standard InChI is InChI=1S/C8Cl2F16S/c9-3(11,12)1(5(15,16)17,6(18,19)20)27-2(4(10,13)14,7(21,22)23)8(24,25)26. The zero-order valence-electron chi connectivity index (χ0n) is 11.2. The SMILES string of the molecule is FC(F)(F)C(SC(C(F)(F)F)(C(F)(F)F)C(F)(F)Cl)(C(F)(F)F)C(F)(F)Cl. The van der Waals surface area contributed by atoms with Gasteiger partial charge in [-0.2, -0.15) is 70.2 Å². The summed E-state index contributed by atoms with van der Waals surface area (Å²) in [5, 5.41) is -14.0. The summed E-state index contributed by atoms with van der Waals surface area (Å²) in [6, 6.07) is 0. The highest BCUT2D eigenvalue weighted by molar-refractivity contribution is 8.02. The molecule has 0 unspecified atom stereocenters.